The number of thiophene rings is 1. The second-order valence-electron chi connectivity index (χ2n) is 15.9. The molecule has 3 heterocycles. The first-order chi connectivity index (χ1) is 31.2. The molecular formula is C59H37N3S. The van der Waals surface area contributed by atoms with Crippen LogP contribution in [0.2, 0.25) is 0 Å². The normalized spacial score (nSPS) is 11.5. The fraction of sp³-hybridized carbons (Fsp3) is 0. The molecule has 0 N–H and O–H groups in total. The molecule has 63 heavy (non-hydrogen) atoms. The lowest BCUT2D eigenvalue weighted by molar-refractivity contribution is 1.18. The number of hydrogen-bond acceptors (Lipinski definition) is 4. The van der Waals surface area contributed by atoms with Gasteiger partial charge in [-0.15, -0.1) is 11.3 Å². The summed E-state index contributed by atoms with van der Waals surface area (Å²) in [4.78, 5) is 15.7. The highest BCUT2D eigenvalue weighted by atomic mass is 32.1. The minimum absolute atomic E-state index is 0.682. The molecule has 0 fully saturated rings. The van der Waals surface area contributed by atoms with Crippen molar-refractivity contribution in [2.75, 3.05) is 0 Å². The highest BCUT2D eigenvalue weighted by Crippen LogP contribution is 2.44. The summed E-state index contributed by atoms with van der Waals surface area (Å²) in [6.07, 6.45) is 0. The number of para-hydroxylation sites is 1. The highest BCUT2D eigenvalue weighted by molar-refractivity contribution is 7.26. The third-order valence-electron chi connectivity index (χ3n) is 12.1. The monoisotopic (exact) mass is 819 g/mol. The smallest absolute Gasteiger partial charge is 0.160 e. The van der Waals surface area contributed by atoms with Gasteiger partial charge in [-0.05, 0) is 57.6 Å². The molecule has 0 amide bonds. The van der Waals surface area contributed by atoms with Gasteiger partial charge in [0.15, 0.2) is 5.82 Å². The van der Waals surface area contributed by atoms with Crippen molar-refractivity contribution in [3.63, 3.8) is 0 Å². The zero-order valence-corrected chi connectivity index (χ0v) is 34.9. The molecule has 0 bridgehead atoms. The van der Waals surface area contributed by atoms with Crippen molar-refractivity contribution in [3.8, 4) is 78.5 Å². The molecule has 0 aliphatic rings. The second-order valence-corrected chi connectivity index (χ2v) is 17.0. The van der Waals surface area contributed by atoms with Crippen molar-refractivity contribution in [2.45, 2.75) is 0 Å². The maximum absolute atomic E-state index is 5.32. The zero-order valence-electron chi connectivity index (χ0n) is 34.1. The first kappa shape index (κ1) is 36.8. The van der Waals surface area contributed by atoms with Crippen LogP contribution in [0.3, 0.4) is 0 Å². The lowest BCUT2D eigenvalue weighted by Gasteiger charge is -2.13. The maximum Gasteiger partial charge on any atom is 0.160 e. The van der Waals surface area contributed by atoms with E-state index in [1.807, 2.05) is 23.5 Å². The Kier molecular flexibility index (Phi) is 9.02. The molecule has 9 aromatic carbocycles. The summed E-state index contributed by atoms with van der Waals surface area (Å²) in [6.45, 7) is 0. The Labute approximate surface area is 369 Å². The molecule has 3 nitrogen and oxygen atoms in total. The molecule has 0 atom stereocenters. The van der Waals surface area contributed by atoms with E-state index in [9.17, 15) is 0 Å². The van der Waals surface area contributed by atoms with Gasteiger partial charge < -0.3 is 0 Å². The van der Waals surface area contributed by atoms with E-state index in [1.165, 1.54) is 53.2 Å². The van der Waals surface area contributed by atoms with Gasteiger partial charge in [-0.1, -0.05) is 200 Å². The van der Waals surface area contributed by atoms with Gasteiger partial charge in [0, 0.05) is 58.6 Å². The molecule has 0 saturated heterocycles. The molecule has 12 aromatic rings. The number of aromatic nitrogens is 3. The van der Waals surface area contributed by atoms with Crippen LogP contribution >= 0.6 is 11.3 Å². The van der Waals surface area contributed by atoms with E-state index in [2.05, 4.69) is 212 Å². The van der Waals surface area contributed by atoms with Crippen LogP contribution in [0.5, 0.6) is 0 Å². The summed E-state index contributed by atoms with van der Waals surface area (Å²) >= 11 is 1.87. The Morgan fingerprint density at radius 1 is 0.286 bits per heavy atom. The predicted octanol–water partition coefficient (Wildman–Crippen LogP) is 16.2. The Balaban J connectivity index is 0.923. The van der Waals surface area contributed by atoms with Crippen molar-refractivity contribution in [1.82, 2.24) is 15.0 Å². The van der Waals surface area contributed by atoms with Crippen molar-refractivity contribution < 1.29 is 0 Å². The zero-order chi connectivity index (χ0) is 41.7. The molecule has 3 aromatic heterocycles. The van der Waals surface area contributed by atoms with Gasteiger partial charge in [0.2, 0.25) is 0 Å². The van der Waals surface area contributed by atoms with Gasteiger partial charge >= 0.3 is 0 Å². The molecule has 4 heteroatoms. The third-order valence-corrected chi connectivity index (χ3v) is 13.3. The van der Waals surface area contributed by atoms with Gasteiger partial charge in [0.05, 0.1) is 22.6 Å². The summed E-state index contributed by atoms with van der Waals surface area (Å²) in [5, 5.41) is 6.21. The summed E-state index contributed by atoms with van der Waals surface area (Å²) < 4.78 is 2.61. The number of pyridine rings is 1. The van der Waals surface area contributed by atoms with E-state index in [0.717, 1.165) is 61.4 Å². The highest BCUT2D eigenvalue weighted by Gasteiger charge is 2.17. The fourth-order valence-electron chi connectivity index (χ4n) is 8.89. The van der Waals surface area contributed by atoms with Crippen LogP contribution in [-0.2, 0) is 0 Å². The van der Waals surface area contributed by atoms with Crippen LogP contribution in [0.1, 0.15) is 0 Å². The molecule has 0 aliphatic carbocycles. The molecular weight excluding hydrogens is 783 g/mol. The molecule has 0 aliphatic heterocycles. The first-order valence-electron chi connectivity index (χ1n) is 21.2. The fourth-order valence-corrected chi connectivity index (χ4v) is 10.2. The quantitative estimate of drug-likeness (QED) is 0.150. The summed E-state index contributed by atoms with van der Waals surface area (Å²) in [5.41, 5.74) is 14.8. The number of hydrogen-bond donors (Lipinski definition) is 0. The largest absolute Gasteiger partial charge is 0.247 e. The Hall–Kier alpha value is -8.05. The number of fused-ring (bicyclic) bond motifs is 7. The van der Waals surface area contributed by atoms with Crippen molar-refractivity contribution in [2.24, 2.45) is 0 Å². The average molecular weight is 820 g/mol. The topological polar surface area (TPSA) is 38.7 Å². The molecule has 0 saturated carbocycles. The average Bonchev–Trinajstić information content (AvgIpc) is 3.76. The van der Waals surface area contributed by atoms with E-state index in [-0.39, 0.29) is 0 Å². The maximum atomic E-state index is 5.32. The van der Waals surface area contributed by atoms with Crippen LogP contribution in [0.4, 0.5) is 0 Å². The summed E-state index contributed by atoms with van der Waals surface area (Å²) in [5.74, 6) is 0.682. The van der Waals surface area contributed by atoms with E-state index < -0.39 is 0 Å². The van der Waals surface area contributed by atoms with E-state index in [4.69, 9.17) is 15.0 Å². The SMILES string of the molecule is c1ccc(-c2ccc(-c3cc(-c4ccc(-c5ccccc5)cc4)nc(-c4ccc(-c5cccc(-c6nc7ccccc7c7c6ccc6c8ccccc8sc67)c5)cc4)n3)cc2)cc1. The van der Waals surface area contributed by atoms with Crippen LogP contribution in [-0.4, -0.2) is 15.0 Å². The number of benzene rings is 9. The van der Waals surface area contributed by atoms with Crippen molar-refractivity contribution in [3.05, 3.63) is 224 Å². The van der Waals surface area contributed by atoms with E-state index in [1.54, 1.807) is 0 Å². The van der Waals surface area contributed by atoms with Crippen LogP contribution < -0.4 is 0 Å². The van der Waals surface area contributed by atoms with Gasteiger partial charge in [-0.2, -0.15) is 0 Å². The molecule has 0 spiro atoms. The van der Waals surface area contributed by atoms with Crippen molar-refractivity contribution in [1.29, 1.82) is 0 Å². The van der Waals surface area contributed by atoms with Gasteiger partial charge in [0.25, 0.3) is 0 Å². The summed E-state index contributed by atoms with van der Waals surface area (Å²) in [6, 6.07) is 79.6. The standard InChI is InChI=1S/C59H37N3S/c1-3-12-38(13-4-1)40-22-28-43(29-23-40)53-37-54(44-30-24-41(25-31-44)39-14-5-2-6-15-39)62-59(61-53)45-32-26-42(27-33-45)46-16-11-17-47(36-46)57-51-35-34-49-48-18-8-10-21-55(48)63-58(49)56(51)50-19-7-9-20-52(50)60-57/h1-37H. The Morgan fingerprint density at radius 2 is 0.762 bits per heavy atom. The van der Waals surface area contributed by atoms with E-state index in [0.29, 0.717) is 5.82 Å². The minimum atomic E-state index is 0.682. The van der Waals surface area contributed by atoms with Gasteiger partial charge in [0.1, 0.15) is 0 Å². The Morgan fingerprint density at radius 3 is 1.41 bits per heavy atom. The van der Waals surface area contributed by atoms with Crippen LogP contribution in [0.15, 0.2) is 224 Å². The second kappa shape index (κ2) is 15.4. The Bertz CT molecular complexity index is 3530. The predicted molar refractivity (Wildman–Crippen MR) is 266 cm³/mol. The third kappa shape index (κ3) is 6.74. The van der Waals surface area contributed by atoms with Gasteiger partial charge in [-0.25, -0.2) is 15.0 Å². The first-order valence-corrected chi connectivity index (χ1v) is 22.1. The van der Waals surface area contributed by atoms with Crippen LogP contribution in [0, 0.1) is 0 Å². The molecule has 0 unspecified atom stereocenters. The molecule has 294 valence electrons. The minimum Gasteiger partial charge on any atom is -0.247 e. The molecule has 12 rings (SSSR count). The van der Waals surface area contributed by atoms with Crippen molar-refractivity contribution >= 4 is 53.2 Å². The lowest BCUT2D eigenvalue weighted by atomic mass is 9.95. The van der Waals surface area contributed by atoms with Gasteiger partial charge in [-0.3, -0.25) is 0 Å². The van der Waals surface area contributed by atoms with Crippen LogP contribution in [0.25, 0.3) is 120 Å². The van der Waals surface area contributed by atoms with E-state index >= 15 is 0 Å². The lowest BCUT2D eigenvalue weighted by Crippen LogP contribution is -1.96. The number of nitrogens with zero attached hydrogens (tertiary/aromatic N) is 3. The summed E-state index contributed by atoms with van der Waals surface area (Å²) in [7, 11) is 0. The number of rotatable bonds is 7. The molecule has 0 radical (unpaired) electrons.